The quantitative estimate of drug-likeness (QED) is 0.616. The van der Waals surface area contributed by atoms with Crippen LogP contribution in [0.15, 0.2) is 48.8 Å². The van der Waals surface area contributed by atoms with Gasteiger partial charge in [-0.15, -0.1) is 0 Å². The molecule has 1 amide bonds. The first kappa shape index (κ1) is 14.8. The largest absolute Gasteiger partial charge is 0.304 e. The van der Waals surface area contributed by atoms with E-state index < -0.39 is 0 Å². The van der Waals surface area contributed by atoms with Crippen LogP contribution < -0.4 is 5.32 Å². The molecule has 0 atom stereocenters. The van der Waals surface area contributed by atoms with Gasteiger partial charge in [-0.1, -0.05) is 23.5 Å². The molecule has 6 heteroatoms. The van der Waals surface area contributed by atoms with Crippen molar-refractivity contribution in [3.8, 4) is 0 Å². The molecule has 0 aliphatic heterocycles. The minimum absolute atomic E-state index is 0.0431. The maximum absolute atomic E-state index is 12.2. The van der Waals surface area contributed by atoms with Gasteiger partial charge in [-0.25, -0.2) is 9.97 Å². The number of carbonyl (C=O) groups is 1. The number of rotatable bonds is 4. The highest BCUT2D eigenvalue weighted by atomic mass is 32.1. The number of pyridine rings is 1. The lowest BCUT2D eigenvalue weighted by Gasteiger charge is -2.02. The average Bonchev–Trinajstić information content (AvgIpc) is 3.16. The number of imidazole rings is 1. The number of amides is 1. The highest BCUT2D eigenvalue weighted by molar-refractivity contribution is 7.22. The molecule has 1 N–H and O–H groups in total. The zero-order valence-electron chi connectivity index (χ0n) is 13.2. The molecular weight excluding hydrogens is 320 g/mol. The molecule has 0 aliphatic carbocycles. The second-order valence-electron chi connectivity index (χ2n) is 5.71. The fourth-order valence-electron chi connectivity index (χ4n) is 2.68. The average molecular weight is 336 g/mol. The van der Waals surface area contributed by atoms with E-state index in [1.54, 1.807) is 0 Å². The topological polar surface area (TPSA) is 59.3 Å². The van der Waals surface area contributed by atoms with Crippen molar-refractivity contribution in [2.45, 2.75) is 19.8 Å². The van der Waals surface area contributed by atoms with Crippen LogP contribution in [0.2, 0.25) is 0 Å². The summed E-state index contributed by atoms with van der Waals surface area (Å²) >= 11 is 1.50. The fourth-order valence-corrected chi connectivity index (χ4v) is 3.66. The summed E-state index contributed by atoms with van der Waals surface area (Å²) in [6.45, 7) is 2.05. The molecular formula is C18H16N4OS. The van der Waals surface area contributed by atoms with Crippen LogP contribution in [0.25, 0.3) is 15.7 Å². The number of thiazole rings is 1. The first-order chi connectivity index (χ1) is 11.7. The Hall–Kier alpha value is -2.73. The number of benzene rings is 1. The van der Waals surface area contributed by atoms with Crippen LogP contribution in [-0.4, -0.2) is 20.3 Å². The van der Waals surface area contributed by atoms with Gasteiger partial charge >= 0.3 is 0 Å². The van der Waals surface area contributed by atoms with E-state index in [4.69, 9.17) is 0 Å². The molecule has 24 heavy (non-hydrogen) atoms. The molecule has 3 heterocycles. The molecule has 0 saturated carbocycles. The Balaban J connectivity index is 1.44. The zero-order chi connectivity index (χ0) is 16.5. The Kier molecular flexibility index (Phi) is 3.74. The van der Waals surface area contributed by atoms with Gasteiger partial charge in [0.05, 0.1) is 21.9 Å². The molecule has 0 fully saturated rings. The predicted molar refractivity (Wildman–Crippen MR) is 96.5 cm³/mol. The van der Waals surface area contributed by atoms with Crippen LogP contribution in [0.3, 0.4) is 0 Å². The van der Waals surface area contributed by atoms with Crippen LogP contribution in [0.1, 0.15) is 17.8 Å². The normalized spacial score (nSPS) is 11.2. The van der Waals surface area contributed by atoms with Gasteiger partial charge < -0.3 is 9.72 Å². The van der Waals surface area contributed by atoms with Crippen molar-refractivity contribution in [1.82, 2.24) is 14.4 Å². The van der Waals surface area contributed by atoms with Crippen molar-refractivity contribution in [2.24, 2.45) is 0 Å². The number of carbonyl (C=O) groups excluding carboxylic acids is 1. The third-order valence-electron chi connectivity index (χ3n) is 3.88. The molecule has 0 bridgehead atoms. The molecule has 0 spiro atoms. The van der Waals surface area contributed by atoms with Crippen molar-refractivity contribution in [2.75, 3.05) is 5.32 Å². The number of hydrogen-bond acceptors (Lipinski definition) is 4. The van der Waals surface area contributed by atoms with E-state index in [-0.39, 0.29) is 5.91 Å². The van der Waals surface area contributed by atoms with Crippen LogP contribution in [0.5, 0.6) is 0 Å². The Morgan fingerprint density at radius 3 is 3.12 bits per heavy atom. The Labute approximate surface area is 143 Å². The monoisotopic (exact) mass is 336 g/mol. The fraction of sp³-hybridized carbons (Fsp3) is 0.167. The third kappa shape index (κ3) is 2.88. The van der Waals surface area contributed by atoms with Crippen LogP contribution in [0.4, 0.5) is 5.13 Å². The summed E-state index contributed by atoms with van der Waals surface area (Å²) in [4.78, 5) is 21.0. The minimum atomic E-state index is -0.0431. The van der Waals surface area contributed by atoms with Gasteiger partial charge in [0, 0.05) is 19.0 Å². The lowest BCUT2D eigenvalue weighted by atomic mass is 10.2. The molecule has 4 aromatic rings. The Bertz CT molecular complexity index is 1030. The van der Waals surface area contributed by atoms with Crippen molar-refractivity contribution in [3.05, 3.63) is 60.2 Å². The molecule has 0 unspecified atom stereocenters. The molecule has 3 aromatic heterocycles. The smallest absolute Gasteiger partial charge is 0.226 e. The van der Waals surface area contributed by atoms with Gasteiger partial charge in [0.2, 0.25) is 5.91 Å². The maximum Gasteiger partial charge on any atom is 0.226 e. The third-order valence-corrected chi connectivity index (χ3v) is 4.81. The van der Waals surface area contributed by atoms with Crippen molar-refractivity contribution in [1.29, 1.82) is 0 Å². The lowest BCUT2D eigenvalue weighted by Crippen LogP contribution is -2.12. The number of aromatic nitrogens is 3. The SMILES string of the molecule is Cc1ccc2nc(NC(=O)CCc3ncc4ccccn34)sc2c1. The molecule has 120 valence electrons. The zero-order valence-corrected chi connectivity index (χ0v) is 14.0. The van der Waals surface area contributed by atoms with Crippen LogP contribution >= 0.6 is 11.3 Å². The molecule has 0 saturated heterocycles. The highest BCUT2D eigenvalue weighted by Gasteiger charge is 2.10. The second-order valence-corrected chi connectivity index (χ2v) is 6.74. The summed E-state index contributed by atoms with van der Waals surface area (Å²) in [7, 11) is 0. The number of aryl methyl sites for hydroxylation is 2. The number of hydrogen-bond donors (Lipinski definition) is 1. The van der Waals surface area contributed by atoms with Gasteiger partial charge in [0.1, 0.15) is 5.82 Å². The van der Waals surface area contributed by atoms with Crippen molar-refractivity contribution >= 4 is 38.1 Å². The highest BCUT2D eigenvalue weighted by Crippen LogP contribution is 2.26. The van der Waals surface area contributed by atoms with Crippen molar-refractivity contribution < 1.29 is 4.79 Å². The summed E-state index contributed by atoms with van der Waals surface area (Å²) < 4.78 is 3.10. The van der Waals surface area contributed by atoms with Gasteiger partial charge in [0.15, 0.2) is 5.13 Å². The Morgan fingerprint density at radius 1 is 1.29 bits per heavy atom. The van der Waals surface area contributed by atoms with Crippen LogP contribution in [-0.2, 0) is 11.2 Å². The van der Waals surface area contributed by atoms with E-state index in [9.17, 15) is 4.79 Å². The molecule has 0 radical (unpaired) electrons. The Morgan fingerprint density at radius 2 is 2.21 bits per heavy atom. The molecule has 5 nitrogen and oxygen atoms in total. The van der Waals surface area contributed by atoms with E-state index in [2.05, 4.69) is 21.4 Å². The lowest BCUT2D eigenvalue weighted by molar-refractivity contribution is -0.116. The standard InChI is InChI=1S/C18H16N4OS/c1-12-5-6-14-15(10-12)24-18(20-14)21-17(23)8-7-16-19-11-13-4-2-3-9-22(13)16/h2-6,9-11H,7-8H2,1H3,(H,20,21,23). The molecule has 4 rings (SSSR count). The van der Waals surface area contributed by atoms with E-state index in [1.165, 1.54) is 16.9 Å². The van der Waals surface area contributed by atoms with Crippen molar-refractivity contribution in [3.63, 3.8) is 0 Å². The summed E-state index contributed by atoms with van der Waals surface area (Å²) in [6, 6.07) is 12.0. The van der Waals surface area contributed by atoms with Gasteiger partial charge in [-0.2, -0.15) is 0 Å². The minimum Gasteiger partial charge on any atom is -0.304 e. The second kappa shape index (κ2) is 6.05. The summed E-state index contributed by atoms with van der Waals surface area (Å²) in [5.41, 5.74) is 3.14. The summed E-state index contributed by atoms with van der Waals surface area (Å²) in [6.07, 6.45) is 4.76. The van der Waals surface area contributed by atoms with E-state index in [0.29, 0.717) is 18.0 Å². The molecule has 0 aliphatic rings. The summed E-state index contributed by atoms with van der Waals surface area (Å²) in [5.74, 6) is 0.846. The number of nitrogens with zero attached hydrogens (tertiary/aromatic N) is 3. The molecule has 1 aromatic carbocycles. The van der Waals surface area contributed by atoms with Crippen LogP contribution in [0, 0.1) is 6.92 Å². The van der Waals surface area contributed by atoms with E-state index in [1.807, 2.05) is 54.0 Å². The summed E-state index contributed by atoms with van der Waals surface area (Å²) in [5, 5.41) is 3.54. The first-order valence-corrected chi connectivity index (χ1v) is 8.59. The van der Waals surface area contributed by atoms with E-state index in [0.717, 1.165) is 21.6 Å². The number of anilines is 1. The van der Waals surface area contributed by atoms with Gasteiger partial charge in [0.25, 0.3) is 0 Å². The van der Waals surface area contributed by atoms with Gasteiger partial charge in [-0.3, -0.25) is 4.79 Å². The maximum atomic E-state index is 12.2. The van der Waals surface area contributed by atoms with Gasteiger partial charge in [-0.05, 0) is 36.8 Å². The van der Waals surface area contributed by atoms with E-state index >= 15 is 0 Å². The number of fused-ring (bicyclic) bond motifs is 2. The number of nitrogens with one attached hydrogen (secondary N) is 1. The first-order valence-electron chi connectivity index (χ1n) is 7.77. The predicted octanol–water partition coefficient (Wildman–Crippen LogP) is 3.82.